The van der Waals surface area contributed by atoms with E-state index in [1.54, 1.807) is 30.5 Å². The number of hydrogen-bond acceptors (Lipinski definition) is 6. The number of para-hydroxylation sites is 1. The number of aromatic amines is 2. The number of nitrogens with one attached hydrogen (secondary N) is 3. The molecule has 6 aliphatic rings. The highest BCUT2D eigenvalue weighted by molar-refractivity contribution is 5.87. The third-order valence-corrected chi connectivity index (χ3v) is 17.2. The molecule has 4 heterocycles. The van der Waals surface area contributed by atoms with E-state index < -0.39 is 12.1 Å². The molecule has 2 aromatic heterocycles. The minimum atomic E-state index is -0.743. The van der Waals surface area contributed by atoms with Crippen LogP contribution in [0.25, 0.3) is 22.4 Å². The molecular weight excluding hydrogens is 883 g/mol. The molecule has 11 rings (SSSR count). The molecule has 11 nitrogen and oxygen atoms in total. The molecule has 2 saturated carbocycles. The summed E-state index contributed by atoms with van der Waals surface area (Å²) in [5.74, 6) is 9.46. The third kappa shape index (κ3) is 9.32. The Kier molecular flexibility index (Phi) is 12.9. The summed E-state index contributed by atoms with van der Waals surface area (Å²) in [6, 6.07) is 17.4. The topological polar surface area (TPSA) is 136 Å². The van der Waals surface area contributed by atoms with Crippen LogP contribution in [0.4, 0.5) is 4.79 Å². The Labute approximate surface area is 419 Å². The van der Waals surface area contributed by atoms with Crippen LogP contribution in [-0.4, -0.2) is 66.8 Å². The molecule has 11 heteroatoms. The zero-order chi connectivity index (χ0) is 48.9. The molecule has 4 aliphatic carbocycles. The van der Waals surface area contributed by atoms with Crippen molar-refractivity contribution in [2.75, 3.05) is 13.1 Å². The fraction of sp³-hybridized carbons (Fsp3) is 0.517. The summed E-state index contributed by atoms with van der Waals surface area (Å²) >= 11 is 0. The number of aromatic nitrogens is 4. The van der Waals surface area contributed by atoms with E-state index >= 15 is 0 Å². The number of nitrogens with zero attached hydrogens (tertiary/aromatic N) is 4. The first-order valence-corrected chi connectivity index (χ1v) is 27.0. The first-order chi connectivity index (χ1) is 34.5. The van der Waals surface area contributed by atoms with Gasteiger partial charge in [-0.1, -0.05) is 102 Å². The number of imidazole rings is 2. The third-order valence-electron chi connectivity index (χ3n) is 17.2. The monoisotopic (exact) mass is 954 g/mol. The SMILES string of the molecule is CC(C)CC(=O)N1CCC[C@H]1c1ncc(-c2ccc(-c3ccc(C#Cc4cnc([C@H]5CCCN5C(=O)[C@@H](NC(=O)Oc5ccccc5)C(C)C)[nH]4)c4c3CC3(CCCC3)C4)c3c2CC2(CCCCC2)C3)[nH]1. The Hall–Kier alpha value is -6.15. The number of rotatable bonds is 10. The van der Waals surface area contributed by atoms with Crippen molar-refractivity contribution in [1.29, 1.82) is 0 Å². The van der Waals surface area contributed by atoms with Crippen molar-refractivity contribution in [2.45, 2.75) is 161 Å². The van der Waals surface area contributed by atoms with Gasteiger partial charge in [-0.05, 0) is 157 Å². The van der Waals surface area contributed by atoms with Crippen molar-refractivity contribution < 1.29 is 19.1 Å². The van der Waals surface area contributed by atoms with Gasteiger partial charge in [-0.15, -0.1) is 0 Å². The van der Waals surface area contributed by atoms with Gasteiger partial charge in [0, 0.05) is 30.6 Å². The Balaban J connectivity index is 0.878. The molecule has 2 spiro atoms. The van der Waals surface area contributed by atoms with Crippen LogP contribution in [0.5, 0.6) is 5.75 Å². The number of carbonyl (C=O) groups is 3. The second kappa shape index (κ2) is 19.5. The highest BCUT2D eigenvalue weighted by Gasteiger charge is 2.45. The van der Waals surface area contributed by atoms with Crippen molar-refractivity contribution in [3.8, 4) is 40.0 Å². The molecule has 2 saturated heterocycles. The Morgan fingerprint density at radius 2 is 1.25 bits per heavy atom. The fourth-order valence-corrected chi connectivity index (χ4v) is 13.7. The molecule has 370 valence electrons. The summed E-state index contributed by atoms with van der Waals surface area (Å²) in [6.07, 6.45) is 23.3. The van der Waals surface area contributed by atoms with Crippen molar-refractivity contribution in [3.63, 3.8) is 0 Å². The lowest BCUT2D eigenvalue weighted by atomic mass is 9.72. The van der Waals surface area contributed by atoms with Crippen LogP contribution in [0.15, 0.2) is 67.0 Å². The molecule has 3 amide bonds. The highest BCUT2D eigenvalue weighted by Crippen LogP contribution is 2.55. The molecule has 2 aliphatic heterocycles. The number of benzene rings is 3. The van der Waals surface area contributed by atoms with E-state index in [1.807, 2.05) is 31.0 Å². The second-order valence-electron chi connectivity index (χ2n) is 22.9. The van der Waals surface area contributed by atoms with Crippen LogP contribution < -0.4 is 10.1 Å². The van der Waals surface area contributed by atoms with E-state index in [-0.39, 0.29) is 29.8 Å². The minimum absolute atomic E-state index is 0.00849. The lowest BCUT2D eigenvalue weighted by Crippen LogP contribution is -2.51. The zero-order valence-electron chi connectivity index (χ0n) is 42.3. The molecular formula is C60H71N7O4. The van der Waals surface area contributed by atoms with Gasteiger partial charge >= 0.3 is 6.09 Å². The summed E-state index contributed by atoms with van der Waals surface area (Å²) in [4.78, 5) is 61.3. The highest BCUT2D eigenvalue weighted by atomic mass is 16.6. The largest absolute Gasteiger partial charge is 0.413 e. The van der Waals surface area contributed by atoms with Gasteiger partial charge in [0.05, 0.1) is 30.2 Å². The molecule has 3 aromatic carbocycles. The normalized spacial score (nSPS) is 21.2. The van der Waals surface area contributed by atoms with Gasteiger partial charge in [-0.2, -0.15) is 0 Å². The van der Waals surface area contributed by atoms with Gasteiger partial charge in [0.1, 0.15) is 29.1 Å². The number of carbonyl (C=O) groups excluding carboxylic acids is 3. The molecule has 0 bridgehead atoms. The van der Waals surface area contributed by atoms with Gasteiger partial charge < -0.3 is 29.8 Å². The summed E-state index contributed by atoms with van der Waals surface area (Å²) in [5, 5.41) is 2.84. The fourth-order valence-electron chi connectivity index (χ4n) is 13.7. The maximum absolute atomic E-state index is 14.1. The Bertz CT molecular complexity index is 2870. The van der Waals surface area contributed by atoms with Gasteiger partial charge in [0.2, 0.25) is 11.8 Å². The van der Waals surface area contributed by atoms with Crippen molar-refractivity contribution >= 4 is 17.9 Å². The number of ether oxygens (including phenoxy) is 1. The summed E-state index contributed by atoms with van der Waals surface area (Å²) in [5.41, 5.74) is 13.5. The van der Waals surface area contributed by atoms with Gasteiger partial charge in [0.15, 0.2) is 0 Å². The molecule has 3 atom stereocenters. The molecule has 0 unspecified atom stereocenters. The van der Waals surface area contributed by atoms with Crippen LogP contribution in [0.3, 0.4) is 0 Å². The first kappa shape index (κ1) is 47.2. The van der Waals surface area contributed by atoms with Crippen molar-refractivity contribution in [2.24, 2.45) is 22.7 Å². The van der Waals surface area contributed by atoms with Crippen LogP contribution in [0.1, 0.15) is 175 Å². The maximum atomic E-state index is 14.1. The summed E-state index contributed by atoms with van der Waals surface area (Å²) in [7, 11) is 0. The molecule has 5 aromatic rings. The smallest absolute Gasteiger partial charge is 0.410 e. The van der Waals surface area contributed by atoms with Crippen LogP contribution in [0, 0.1) is 34.5 Å². The quantitative estimate of drug-likeness (QED) is 0.119. The van der Waals surface area contributed by atoms with E-state index in [1.165, 1.54) is 96.7 Å². The lowest BCUT2D eigenvalue weighted by molar-refractivity contribution is -0.135. The average Bonchev–Trinajstić information content (AvgIpc) is 4.23. The summed E-state index contributed by atoms with van der Waals surface area (Å²) < 4.78 is 5.49. The Morgan fingerprint density at radius 1 is 0.676 bits per heavy atom. The molecule has 3 N–H and O–H groups in total. The molecule has 0 radical (unpaired) electrons. The maximum Gasteiger partial charge on any atom is 0.413 e. The zero-order valence-corrected chi connectivity index (χ0v) is 42.3. The number of likely N-dealkylation sites (tertiary alicyclic amines) is 2. The summed E-state index contributed by atoms with van der Waals surface area (Å²) in [6.45, 7) is 9.50. The van der Waals surface area contributed by atoms with Gasteiger partial charge in [-0.25, -0.2) is 14.8 Å². The van der Waals surface area contributed by atoms with E-state index in [2.05, 4.69) is 70.1 Å². The van der Waals surface area contributed by atoms with Gasteiger partial charge in [-0.3, -0.25) is 9.59 Å². The molecule has 71 heavy (non-hydrogen) atoms. The van der Waals surface area contributed by atoms with Gasteiger partial charge in [0.25, 0.3) is 0 Å². The van der Waals surface area contributed by atoms with Crippen LogP contribution in [-0.2, 0) is 35.3 Å². The van der Waals surface area contributed by atoms with E-state index in [9.17, 15) is 14.4 Å². The first-order valence-electron chi connectivity index (χ1n) is 27.0. The molecule has 4 fully saturated rings. The average molecular weight is 954 g/mol. The number of fused-ring (bicyclic) bond motifs is 2. The van der Waals surface area contributed by atoms with E-state index in [4.69, 9.17) is 14.7 Å². The standard InChI is InChI=1S/C60H71N7O4/c1-38(2)31-53(68)66-29-13-17-51(66)56-62-37-50(64-56)45-24-23-44(48-34-60(35-49(45)48)25-9-6-10-26-60)43-22-20-40(46-32-59(33-47(43)46)27-11-12-28-59)19-21-41-36-61-55(63-41)52-18-14-30-67(52)57(69)54(39(3)4)65-58(70)71-42-15-7-5-8-16-42/h5,7-8,15-16,20,22-24,36-39,51-52,54H,6,9-14,17-18,25-35H2,1-4H3,(H,61,63)(H,62,64)(H,65,70)/t51-,52+,54-/m0/s1. The predicted molar refractivity (Wildman–Crippen MR) is 276 cm³/mol. The van der Waals surface area contributed by atoms with Crippen molar-refractivity contribution in [3.05, 3.63) is 112 Å². The van der Waals surface area contributed by atoms with Crippen LogP contribution in [0.2, 0.25) is 0 Å². The van der Waals surface area contributed by atoms with Crippen molar-refractivity contribution in [1.82, 2.24) is 35.1 Å². The van der Waals surface area contributed by atoms with Crippen LogP contribution >= 0.6 is 0 Å². The Morgan fingerprint density at radius 3 is 1.94 bits per heavy atom. The second-order valence-corrected chi connectivity index (χ2v) is 22.9. The predicted octanol–water partition coefficient (Wildman–Crippen LogP) is 11.8. The number of H-pyrrole nitrogens is 2. The number of amides is 3. The number of hydrogen-bond donors (Lipinski definition) is 3. The lowest BCUT2D eigenvalue weighted by Gasteiger charge is -2.33. The minimum Gasteiger partial charge on any atom is -0.410 e. The van der Waals surface area contributed by atoms with E-state index in [0.717, 1.165) is 86.5 Å². The van der Waals surface area contributed by atoms with E-state index in [0.29, 0.717) is 35.5 Å².